The molecule has 0 saturated heterocycles. The van der Waals surface area contributed by atoms with Gasteiger partial charge in [0.15, 0.2) is 17.5 Å². The van der Waals surface area contributed by atoms with E-state index in [9.17, 15) is 0 Å². The van der Waals surface area contributed by atoms with Gasteiger partial charge in [0, 0.05) is 31.9 Å². The molecule has 0 bridgehead atoms. The SMILES string of the molecule is CCOc1ccc(NC(=NC)NCc2cccc(OCCN(C)C)c2)cc1OC. The lowest BCUT2D eigenvalue weighted by Crippen LogP contribution is -2.30. The van der Waals surface area contributed by atoms with Gasteiger partial charge in [-0.3, -0.25) is 4.99 Å². The van der Waals surface area contributed by atoms with E-state index in [1.165, 1.54) is 0 Å². The van der Waals surface area contributed by atoms with Crippen LogP contribution in [0.3, 0.4) is 0 Å². The Morgan fingerprint density at radius 1 is 1.07 bits per heavy atom. The van der Waals surface area contributed by atoms with E-state index in [2.05, 4.69) is 26.6 Å². The zero-order valence-electron chi connectivity index (χ0n) is 18.0. The molecule has 7 nitrogen and oxygen atoms in total. The summed E-state index contributed by atoms with van der Waals surface area (Å²) < 4.78 is 16.8. The highest BCUT2D eigenvalue weighted by Crippen LogP contribution is 2.30. The van der Waals surface area contributed by atoms with Crippen LogP contribution in [-0.2, 0) is 6.54 Å². The number of benzene rings is 2. The Morgan fingerprint density at radius 3 is 2.59 bits per heavy atom. The van der Waals surface area contributed by atoms with E-state index in [0.29, 0.717) is 31.5 Å². The Morgan fingerprint density at radius 2 is 1.90 bits per heavy atom. The molecule has 158 valence electrons. The molecule has 0 radical (unpaired) electrons. The van der Waals surface area contributed by atoms with Crippen molar-refractivity contribution in [2.45, 2.75) is 13.5 Å². The molecule has 0 aliphatic rings. The average molecular weight is 401 g/mol. The third-order valence-electron chi connectivity index (χ3n) is 4.12. The van der Waals surface area contributed by atoms with E-state index in [1.807, 2.05) is 57.4 Å². The minimum absolute atomic E-state index is 0.588. The van der Waals surface area contributed by atoms with Crippen LogP contribution in [0, 0.1) is 0 Å². The van der Waals surface area contributed by atoms with Crippen molar-refractivity contribution in [3.8, 4) is 17.2 Å². The van der Waals surface area contributed by atoms with Crippen molar-refractivity contribution in [3.05, 3.63) is 48.0 Å². The molecule has 2 rings (SSSR count). The Bertz CT molecular complexity index is 793. The molecule has 0 aliphatic heterocycles. The summed E-state index contributed by atoms with van der Waals surface area (Å²) in [6.07, 6.45) is 0. The number of methoxy groups -OCH3 is 1. The molecule has 0 heterocycles. The molecule has 2 aromatic carbocycles. The predicted molar refractivity (Wildman–Crippen MR) is 118 cm³/mol. The third-order valence-corrected chi connectivity index (χ3v) is 4.12. The minimum Gasteiger partial charge on any atom is -0.493 e. The van der Waals surface area contributed by atoms with Crippen LogP contribution in [-0.4, -0.2) is 58.9 Å². The highest BCUT2D eigenvalue weighted by molar-refractivity contribution is 5.93. The first-order valence-corrected chi connectivity index (χ1v) is 9.70. The number of hydrogen-bond donors (Lipinski definition) is 2. The second-order valence-corrected chi connectivity index (χ2v) is 6.65. The number of ether oxygens (including phenoxy) is 3. The first kappa shape index (κ1) is 22.4. The van der Waals surface area contributed by atoms with Crippen LogP contribution in [0.2, 0.25) is 0 Å². The van der Waals surface area contributed by atoms with Gasteiger partial charge < -0.3 is 29.7 Å². The molecule has 0 amide bonds. The molecule has 0 aromatic heterocycles. The van der Waals surface area contributed by atoms with Crippen molar-refractivity contribution in [2.24, 2.45) is 4.99 Å². The maximum Gasteiger partial charge on any atom is 0.195 e. The minimum atomic E-state index is 0.588. The molecule has 0 saturated carbocycles. The maximum atomic E-state index is 5.80. The van der Waals surface area contributed by atoms with Crippen LogP contribution in [0.25, 0.3) is 0 Å². The Hall–Kier alpha value is -2.93. The van der Waals surface area contributed by atoms with Crippen molar-refractivity contribution >= 4 is 11.6 Å². The van der Waals surface area contributed by atoms with Gasteiger partial charge in [0.05, 0.1) is 13.7 Å². The second kappa shape index (κ2) is 11.8. The van der Waals surface area contributed by atoms with E-state index in [-0.39, 0.29) is 0 Å². The van der Waals surface area contributed by atoms with Gasteiger partial charge in [0.25, 0.3) is 0 Å². The van der Waals surface area contributed by atoms with Gasteiger partial charge in [-0.2, -0.15) is 0 Å². The topological polar surface area (TPSA) is 67.3 Å². The van der Waals surface area contributed by atoms with Crippen LogP contribution < -0.4 is 24.8 Å². The normalized spacial score (nSPS) is 11.3. The van der Waals surface area contributed by atoms with Gasteiger partial charge in [-0.1, -0.05) is 12.1 Å². The summed E-state index contributed by atoms with van der Waals surface area (Å²) in [6.45, 7) is 4.69. The lowest BCUT2D eigenvalue weighted by molar-refractivity contribution is 0.261. The van der Waals surface area contributed by atoms with Crippen molar-refractivity contribution in [1.82, 2.24) is 10.2 Å². The van der Waals surface area contributed by atoms with E-state index >= 15 is 0 Å². The van der Waals surface area contributed by atoms with Crippen LogP contribution >= 0.6 is 0 Å². The number of anilines is 1. The van der Waals surface area contributed by atoms with Crippen molar-refractivity contribution in [3.63, 3.8) is 0 Å². The highest BCUT2D eigenvalue weighted by atomic mass is 16.5. The van der Waals surface area contributed by atoms with Crippen LogP contribution in [0.5, 0.6) is 17.2 Å². The Kier molecular flexibility index (Phi) is 9.11. The number of likely N-dealkylation sites (N-methyl/N-ethyl adjacent to an activating group) is 1. The molecular formula is C22H32N4O3. The summed E-state index contributed by atoms with van der Waals surface area (Å²) in [5.74, 6) is 2.92. The maximum absolute atomic E-state index is 5.80. The fraction of sp³-hybridized carbons (Fsp3) is 0.409. The van der Waals surface area contributed by atoms with Crippen molar-refractivity contribution in [2.75, 3.05) is 53.3 Å². The van der Waals surface area contributed by atoms with Gasteiger partial charge in [0.1, 0.15) is 12.4 Å². The predicted octanol–water partition coefficient (Wildman–Crippen LogP) is 3.22. The van der Waals surface area contributed by atoms with Gasteiger partial charge in [-0.05, 0) is 50.8 Å². The average Bonchev–Trinajstić information content (AvgIpc) is 2.72. The summed E-state index contributed by atoms with van der Waals surface area (Å²) in [5, 5.41) is 6.59. The summed E-state index contributed by atoms with van der Waals surface area (Å²) in [7, 11) is 7.43. The van der Waals surface area contributed by atoms with E-state index in [0.717, 1.165) is 29.3 Å². The molecule has 0 atom stereocenters. The fourth-order valence-electron chi connectivity index (χ4n) is 2.61. The molecular weight excluding hydrogens is 368 g/mol. The Balaban J connectivity index is 1.94. The van der Waals surface area contributed by atoms with Crippen molar-refractivity contribution in [1.29, 1.82) is 0 Å². The smallest absolute Gasteiger partial charge is 0.195 e. The standard InChI is InChI=1S/C22H32N4O3/c1-6-28-20-11-10-18(15-21(20)27-5)25-22(23-2)24-16-17-8-7-9-19(14-17)29-13-12-26(3)4/h7-11,14-15H,6,12-13,16H2,1-5H3,(H2,23,24,25). The van der Waals surface area contributed by atoms with E-state index < -0.39 is 0 Å². The van der Waals surface area contributed by atoms with Gasteiger partial charge in [0.2, 0.25) is 0 Å². The summed E-state index contributed by atoms with van der Waals surface area (Å²) in [4.78, 5) is 6.38. The quantitative estimate of drug-likeness (QED) is 0.472. The molecule has 0 fully saturated rings. The monoisotopic (exact) mass is 400 g/mol. The van der Waals surface area contributed by atoms with Crippen molar-refractivity contribution < 1.29 is 14.2 Å². The van der Waals surface area contributed by atoms with E-state index in [4.69, 9.17) is 14.2 Å². The lowest BCUT2D eigenvalue weighted by atomic mass is 10.2. The molecule has 0 spiro atoms. The van der Waals surface area contributed by atoms with Crippen LogP contribution in [0.1, 0.15) is 12.5 Å². The Labute approximate surface area is 173 Å². The summed E-state index contributed by atoms with van der Waals surface area (Å²) in [5.41, 5.74) is 1.97. The molecule has 2 aromatic rings. The zero-order valence-corrected chi connectivity index (χ0v) is 18.0. The van der Waals surface area contributed by atoms with Crippen LogP contribution in [0.15, 0.2) is 47.5 Å². The molecule has 0 unspecified atom stereocenters. The van der Waals surface area contributed by atoms with Gasteiger partial charge in [-0.15, -0.1) is 0 Å². The van der Waals surface area contributed by atoms with E-state index in [1.54, 1.807) is 14.2 Å². The zero-order chi connectivity index (χ0) is 21.1. The number of rotatable bonds is 10. The molecule has 7 heteroatoms. The highest BCUT2D eigenvalue weighted by Gasteiger charge is 2.07. The number of hydrogen-bond acceptors (Lipinski definition) is 5. The molecule has 2 N–H and O–H groups in total. The summed E-state index contributed by atoms with van der Waals surface area (Å²) >= 11 is 0. The number of nitrogens with zero attached hydrogens (tertiary/aromatic N) is 2. The number of nitrogens with one attached hydrogen (secondary N) is 2. The molecule has 29 heavy (non-hydrogen) atoms. The van der Waals surface area contributed by atoms with Crippen LogP contribution in [0.4, 0.5) is 5.69 Å². The third kappa shape index (κ3) is 7.54. The number of guanidine groups is 1. The lowest BCUT2D eigenvalue weighted by Gasteiger charge is -2.15. The first-order valence-electron chi connectivity index (χ1n) is 9.70. The number of aliphatic imine (C=N–C) groups is 1. The van der Waals surface area contributed by atoms with Gasteiger partial charge >= 0.3 is 0 Å². The molecule has 0 aliphatic carbocycles. The second-order valence-electron chi connectivity index (χ2n) is 6.65. The largest absolute Gasteiger partial charge is 0.493 e. The first-order chi connectivity index (χ1) is 14.0. The summed E-state index contributed by atoms with van der Waals surface area (Å²) in [6, 6.07) is 13.8. The fourth-order valence-corrected chi connectivity index (χ4v) is 2.61. The van der Waals surface area contributed by atoms with Gasteiger partial charge in [-0.25, -0.2) is 0 Å².